The van der Waals surface area contributed by atoms with Crippen molar-refractivity contribution in [1.82, 2.24) is 19.9 Å². The van der Waals surface area contributed by atoms with Crippen LogP contribution in [-0.2, 0) is 6.54 Å². The minimum absolute atomic E-state index is 0.695. The summed E-state index contributed by atoms with van der Waals surface area (Å²) in [5.74, 6) is 1.42. The second-order valence-corrected chi connectivity index (χ2v) is 7.13. The molecule has 2 aromatic rings. The summed E-state index contributed by atoms with van der Waals surface area (Å²) >= 11 is 0. The number of piperidine rings is 1. The maximum atomic E-state index is 5.48. The summed E-state index contributed by atoms with van der Waals surface area (Å²) in [6.07, 6.45) is 5.28. The number of nitrogens with zero attached hydrogens (tertiary/aromatic N) is 4. The molecule has 5 heteroatoms. The molecule has 2 fully saturated rings. The standard InChI is InChI=1S/C19H26N4O/c1-15-5-4-6-16(13-15)19-20-18(24-21-19)14-22-11-7-17(8-12-22)23-9-2-3-10-23/h4-6,13,17H,2-3,7-12,14H2,1H3. The van der Waals surface area contributed by atoms with Crippen LogP contribution in [0.5, 0.6) is 0 Å². The van der Waals surface area contributed by atoms with Crippen LogP contribution in [0.15, 0.2) is 28.8 Å². The van der Waals surface area contributed by atoms with Crippen LogP contribution in [0.3, 0.4) is 0 Å². The zero-order chi connectivity index (χ0) is 16.4. The van der Waals surface area contributed by atoms with Gasteiger partial charge < -0.3 is 9.42 Å². The number of likely N-dealkylation sites (tertiary alicyclic amines) is 2. The van der Waals surface area contributed by atoms with Crippen molar-refractivity contribution in [2.45, 2.75) is 45.2 Å². The molecule has 0 atom stereocenters. The molecule has 0 radical (unpaired) electrons. The van der Waals surface area contributed by atoms with Gasteiger partial charge in [-0.25, -0.2) is 0 Å². The summed E-state index contributed by atoms with van der Waals surface area (Å²) in [4.78, 5) is 9.71. The largest absolute Gasteiger partial charge is 0.338 e. The van der Waals surface area contributed by atoms with Gasteiger partial charge in [0.15, 0.2) is 0 Å². The van der Waals surface area contributed by atoms with E-state index < -0.39 is 0 Å². The average Bonchev–Trinajstić information content (AvgIpc) is 3.27. The van der Waals surface area contributed by atoms with Crippen LogP contribution in [0.2, 0.25) is 0 Å². The molecule has 24 heavy (non-hydrogen) atoms. The Labute approximate surface area is 143 Å². The number of aromatic nitrogens is 2. The third-order valence-electron chi connectivity index (χ3n) is 5.32. The van der Waals surface area contributed by atoms with Gasteiger partial charge in [-0.1, -0.05) is 28.9 Å². The minimum Gasteiger partial charge on any atom is -0.338 e. The van der Waals surface area contributed by atoms with Gasteiger partial charge in [-0.3, -0.25) is 4.90 Å². The minimum atomic E-state index is 0.695. The molecule has 1 aromatic carbocycles. The zero-order valence-corrected chi connectivity index (χ0v) is 14.4. The highest BCUT2D eigenvalue weighted by Gasteiger charge is 2.27. The van der Waals surface area contributed by atoms with E-state index in [0.29, 0.717) is 5.82 Å². The summed E-state index contributed by atoms with van der Waals surface area (Å²) < 4.78 is 5.48. The number of hydrogen-bond donors (Lipinski definition) is 0. The monoisotopic (exact) mass is 326 g/mol. The molecule has 2 aliphatic heterocycles. The Bertz CT molecular complexity index is 670. The van der Waals surface area contributed by atoms with Crippen molar-refractivity contribution in [2.75, 3.05) is 26.2 Å². The normalized spacial score (nSPS) is 20.7. The van der Waals surface area contributed by atoms with E-state index in [-0.39, 0.29) is 0 Å². The molecule has 0 saturated carbocycles. The van der Waals surface area contributed by atoms with E-state index in [1.807, 2.05) is 12.1 Å². The molecule has 128 valence electrons. The second kappa shape index (κ2) is 7.03. The molecule has 4 rings (SSSR count). The number of rotatable bonds is 4. The Morgan fingerprint density at radius 1 is 1.12 bits per heavy atom. The van der Waals surface area contributed by atoms with E-state index in [0.717, 1.165) is 37.1 Å². The van der Waals surface area contributed by atoms with Gasteiger partial charge in [0.2, 0.25) is 11.7 Å². The molecule has 0 N–H and O–H groups in total. The van der Waals surface area contributed by atoms with Gasteiger partial charge in [-0.15, -0.1) is 0 Å². The average molecular weight is 326 g/mol. The summed E-state index contributed by atoms with van der Waals surface area (Å²) in [5, 5.41) is 4.15. The van der Waals surface area contributed by atoms with E-state index in [1.165, 1.54) is 44.3 Å². The maximum absolute atomic E-state index is 5.48. The van der Waals surface area contributed by atoms with Crippen molar-refractivity contribution in [2.24, 2.45) is 0 Å². The SMILES string of the molecule is Cc1cccc(-c2noc(CN3CCC(N4CCCC4)CC3)n2)c1. The van der Waals surface area contributed by atoms with Gasteiger partial charge in [0.25, 0.3) is 0 Å². The molecule has 0 spiro atoms. The molecule has 0 unspecified atom stereocenters. The lowest BCUT2D eigenvalue weighted by Crippen LogP contribution is -2.43. The van der Waals surface area contributed by atoms with Crippen LogP contribution in [-0.4, -0.2) is 52.2 Å². The van der Waals surface area contributed by atoms with E-state index in [2.05, 4.69) is 39.0 Å². The van der Waals surface area contributed by atoms with Crippen LogP contribution in [0.25, 0.3) is 11.4 Å². The van der Waals surface area contributed by atoms with E-state index in [4.69, 9.17) is 4.52 Å². The predicted octanol–water partition coefficient (Wildman–Crippen LogP) is 3.11. The lowest BCUT2D eigenvalue weighted by Gasteiger charge is -2.36. The summed E-state index contributed by atoms with van der Waals surface area (Å²) in [6.45, 7) is 7.70. The quantitative estimate of drug-likeness (QED) is 0.864. The molecular weight excluding hydrogens is 300 g/mol. The molecule has 0 aliphatic carbocycles. The fourth-order valence-corrected chi connectivity index (χ4v) is 3.96. The van der Waals surface area contributed by atoms with Crippen LogP contribution >= 0.6 is 0 Å². The molecule has 0 bridgehead atoms. The van der Waals surface area contributed by atoms with Gasteiger partial charge in [0.05, 0.1) is 6.54 Å². The molecule has 2 saturated heterocycles. The first-order valence-electron chi connectivity index (χ1n) is 9.14. The van der Waals surface area contributed by atoms with Gasteiger partial charge in [-0.05, 0) is 51.8 Å². The highest BCUT2D eigenvalue weighted by molar-refractivity contribution is 5.55. The zero-order valence-electron chi connectivity index (χ0n) is 14.4. The van der Waals surface area contributed by atoms with Gasteiger partial charge in [0.1, 0.15) is 0 Å². The summed E-state index contributed by atoms with van der Waals surface area (Å²) in [5.41, 5.74) is 2.24. The van der Waals surface area contributed by atoms with E-state index in [1.54, 1.807) is 0 Å². The molecule has 0 amide bonds. The first kappa shape index (κ1) is 15.8. The van der Waals surface area contributed by atoms with Gasteiger partial charge in [-0.2, -0.15) is 4.98 Å². The Morgan fingerprint density at radius 3 is 2.67 bits per heavy atom. The fraction of sp³-hybridized carbons (Fsp3) is 0.579. The van der Waals surface area contributed by atoms with E-state index >= 15 is 0 Å². The number of benzene rings is 1. The topological polar surface area (TPSA) is 45.4 Å². The van der Waals surface area contributed by atoms with Crippen LogP contribution in [0.1, 0.15) is 37.1 Å². The summed E-state index contributed by atoms with van der Waals surface area (Å²) in [7, 11) is 0. The Hall–Kier alpha value is -1.72. The number of hydrogen-bond acceptors (Lipinski definition) is 5. The number of aryl methyl sites for hydroxylation is 1. The maximum Gasteiger partial charge on any atom is 0.241 e. The summed E-state index contributed by atoms with van der Waals surface area (Å²) in [6, 6.07) is 9.02. The first-order valence-corrected chi connectivity index (χ1v) is 9.14. The Balaban J connectivity index is 1.33. The second-order valence-electron chi connectivity index (χ2n) is 7.13. The smallest absolute Gasteiger partial charge is 0.241 e. The molecule has 3 heterocycles. The predicted molar refractivity (Wildman–Crippen MR) is 93.6 cm³/mol. The van der Waals surface area contributed by atoms with Crippen molar-refractivity contribution >= 4 is 0 Å². The van der Waals surface area contributed by atoms with Crippen LogP contribution in [0.4, 0.5) is 0 Å². The molecule has 5 nitrogen and oxygen atoms in total. The molecular formula is C19H26N4O. The third kappa shape index (κ3) is 3.52. The Morgan fingerprint density at radius 2 is 1.92 bits per heavy atom. The van der Waals surface area contributed by atoms with Crippen molar-refractivity contribution < 1.29 is 4.52 Å². The van der Waals surface area contributed by atoms with Crippen molar-refractivity contribution in [3.8, 4) is 11.4 Å². The lowest BCUT2D eigenvalue weighted by atomic mass is 10.0. The van der Waals surface area contributed by atoms with Crippen LogP contribution in [0, 0.1) is 6.92 Å². The molecule has 2 aliphatic rings. The van der Waals surface area contributed by atoms with Crippen molar-refractivity contribution in [3.63, 3.8) is 0 Å². The highest BCUT2D eigenvalue weighted by Crippen LogP contribution is 2.22. The lowest BCUT2D eigenvalue weighted by molar-refractivity contribution is 0.114. The van der Waals surface area contributed by atoms with Crippen LogP contribution < -0.4 is 0 Å². The van der Waals surface area contributed by atoms with E-state index in [9.17, 15) is 0 Å². The Kier molecular flexibility index (Phi) is 4.63. The van der Waals surface area contributed by atoms with Gasteiger partial charge in [0, 0.05) is 24.7 Å². The third-order valence-corrected chi connectivity index (χ3v) is 5.32. The van der Waals surface area contributed by atoms with Crippen molar-refractivity contribution in [1.29, 1.82) is 0 Å². The molecule has 1 aromatic heterocycles. The van der Waals surface area contributed by atoms with Gasteiger partial charge >= 0.3 is 0 Å². The van der Waals surface area contributed by atoms with Crippen molar-refractivity contribution in [3.05, 3.63) is 35.7 Å². The highest BCUT2D eigenvalue weighted by atomic mass is 16.5. The first-order chi connectivity index (χ1) is 11.8. The fourth-order valence-electron chi connectivity index (χ4n) is 3.96.